The van der Waals surface area contributed by atoms with Gasteiger partial charge in [-0.25, -0.2) is 13.8 Å². The number of hydrogen-bond acceptors (Lipinski definition) is 5. The molecule has 0 aliphatic heterocycles. The van der Waals surface area contributed by atoms with Crippen LogP contribution in [0.2, 0.25) is 0 Å². The summed E-state index contributed by atoms with van der Waals surface area (Å²) in [6, 6.07) is 8.01. The number of hydrogen-bond donors (Lipinski definition) is 1. The largest absolute Gasteiger partial charge is 0.309 e. The van der Waals surface area contributed by atoms with E-state index in [0.717, 1.165) is 52.8 Å². The summed E-state index contributed by atoms with van der Waals surface area (Å²) in [6.07, 6.45) is 9.23. The molecular weight excluding hydrogens is 442 g/mol. The fraction of sp³-hybridized carbons (Fsp3) is 0.320. The van der Waals surface area contributed by atoms with Gasteiger partial charge in [0.1, 0.15) is 16.5 Å². The van der Waals surface area contributed by atoms with Crippen molar-refractivity contribution >= 4 is 21.6 Å². The number of aryl methyl sites for hydroxylation is 3. The number of nitrogens with one attached hydrogen (secondary N) is 1. The van der Waals surface area contributed by atoms with E-state index in [1.807, 2.05) is 12.1 Å². The van der Waals surface area contributed by atoms with Crippen molar-refractivity contribution in [2.24, 2.45) is 0 Å². The van der Waals surface area contributed by atoms with E-state index >= 15 is 0 Å². The van der Waals surface area contributed by atoms with Gasteiger partial charge in [0.15, 0.2) is 0 Å². The van der Waals surface area contributed by atoms with Gasteiger partial charge in [0, 0.05) is 42.0 Å². The molecule has 1 N–H and O–H groups in total. The van der Waals surface area contributed by atoms with Gasteiger partial charge in [-0.1, -0.05) is 6.07 Å². The molecule has 3 heterocycles. The molecule has 0 bridgehead atoms. The second-order valence-electron chi connectivity index (χ2n) is 8.41. The molecule has 0 radical (unpaired) electrons. The third-order valence-electron chi connectivity index (χ3n) is 6.28. The molecule has 0 saturated heterocycles. The van der Waals surface area contributed by atoms with Crippen molar-refractivity contribution in [2.45, 2.75) is 51.2 Å². The van der Waals surface area contributed by atoms with Gasteiger partial charge >= 0.3 is 0 Å². The molecule has 1 atom stereocenters. The zero-order valence-corrected chi connectivity index (χ0v) is 18.9. The van der Waals surface area contributed by atoms with E-state index in [-0.39, 0.29) is 23.7 Å². The lowest BCUT2D eigenvalue weighted by Crippen LogP contribution is -2.34. The fourth-order valence-electron chi connectivity index (χ4n) is 4.49. The van der Waals surface area contributed by atoms with Gasteiger partial charge in [-0.05, 0) is 67.5 Å². The Labute approximate surface area is 194 Å². The summed E-state index contributed by atoms with van der Waals surface area (Å²) < 4.78 is 29.6. The standard InChI is InChI=1S/C25H24F2N4OS/c26-20-4-1-5-21(27)19(20)14-29-17-6-7-18-22(13-17)33-24-23(18)25(32)31(15-30-24)12-2-3-16-8-10-28-11-9-16/h1,4-5,8-11,15,17,29H,2-3,6-7,12-14H2/t17-/m1/s1. The third-order valence-corrected chi connectivity index (χ3v) is 7.44. The maximum Gasteiger partial charge on any atom is 0.262 e. The minimum Gasteiger partial charge on any atom is -0.309 e. The Hall–Kier alpha value is -2.97. The van der Waals surface area contributed by atoms with Crippen LogP contribution < -0.4 is 10.9 Å². The van der Waals surface area contributed by atoms with Crippen LogP contribution in [0.4, 0.5) is 8.78 Å². The van der Waals surface area contributed by atoms with Gasteiger partial charge in [0.05, 0.1) is 11.7 Å². The van der Waals surface area contributed by atoms with E-state index in [0.29, 0.717) is 6.54 Å². The SMILES string of the molecule is O=c1c2c3c(sc2ncn1CCCc1ccncc1)C[C@H](NCc1c(F)cccc1F)CC3. The normalized spacial score (nSPS) is 15.6. The molecule has 0 fully saturated rings. The summed E-state index contributed by atoms with van der Waals surface area (Å²) in [4.78, 5) is 23.7. The first-order valence-corrected chi connectivity index (χ1v) is 12.0. The van der Waals surface area contributed by atoms with Gasteiger partial charge in [-0.15, -0.1) is 11.3 Å². The molecule has 8 heteroatoms. The molecular formula is C25H24F2N4OS. The summed E-state index contributed by atoms with van der Waals surface area (Å²) in [5.74, 6) is -1.07. The number of halogens is 2. The lowest BCUT2D eigenvalue weighted by Gasteiger charge is -2.23. The van der Waals surface area contributed by atoms with Crippen LogP contribution in [0.5, 0.6) is 0 Å². The van der Waals surface area contributed by atoms with Gasteiger partial charge in [-0.3, -0.25) is 14.3 Å². The molecule has 5 nitrogen and oxygen atoms in total. The minimum absolute atomic E-state index is 0.0204. The topological polar surface area (TPSA) is 59.8 Å². The molecule has 3 aromatic heterocycles. The zero-order valence-electron chi connectivity index (χ0n) is 18.1. The van der Waals surface area contributed by atoms with Gasteiger partial charge < -0.3 is 5.32 Å². The Kier molecular flexibility index (Phi) is 6.28. The summed E-state index contributed by atoms with van der Waals surface area (Å²) in [6.45, 7) is 0.763. The Morgan fingerprint density at radius 3 is 2.73 bits per heavy atom. The van der Waals surface area contributed by atoms with Crippen molar-refractivity contribution in [3.63, 3.8) is 0 Å². The van der Waals surface area contributed by atoms with E-state index in [9.17, 15) is 13.6 Å². The van der Waals surface area contributed by atoms with Crippen molar-refractivity contribution in [3.05, 3.63) is 92.6 Å². The van der Waals surface area contributed by atoms with Crippen LogP contribution in [0.1, 0.15) is 34.4 Å². The van der Waals surface area contributed by atoms with Crippen molar-refractivity contribution in [1.29, 1.82) is 0 Å². The summed E-state index contributed by atoms with van der Waals surface area (Å²) >= 11 is 1.56. The van der Waals surface area contributed by atoms with Crippen LogP contribution in [0.3, 0.4) is 0 Å². The average Bonchev–Trinajstić information content (AvgIpc) is 3.19. The lowest BCUT2D eigenvalue weighted by atomic mass is 9.93. The Bertz CT molecular complexity index is 1320. The van der Waals surface area contributed by atoms with E-state index < -0.39 is 11.6 Å². The maximum atomic E-state index is 13.9. The van der Waals surface area contributed by atoms with Crippen LogP contribution in [0.15, 0.2) is 53.8 Å². The molecule has 5 rings (SSSR count). The Morgan fingerprint density at radius 1 is 1.15 bits per heavy atom. The minimum atomic E-state index is -0.533. The van der Waals surface area contributed by atoms with Gasteiger partial charge in [0.2, 0.25) is 0 Å². The average molecular weight is 467 g/mol. The number of nitrogens with zero attached hydrogens (tertiary/aromatic N) is 3. The third kappa shape index (κ3) is 4.58. The molecule has 170 valence electrons. The van der Waals surface area contributed by atoms with Crippen LogP contribution in [-0.2, 0) is 32.4 Å². The molecule has 4 aromatic rings. The van der Waals surface area contributed by atoms with Crippen LogP contribution in [-0.4, -0.2) is 20.6 Å². The zero-order chi connectivity index (χ0) is 22.8. The van der Waals surface area contributed by atoms with Crippen LogP contribution >= 0.6 is 11.3 Å². The van der Waals surface area contributed by atoms with Crippen LogP contribution in [0, 0.1) is 11.6 Å². The number of thiophene rings is 1. The van der Waals surface area contributed by atoms with E-state index in [4.69, 9.17) is 0 Å². The maximum absolute atomic E-state index is 13.9. The van der Waals surface area contributed by atoms with E-state index in [2.05, 4.69) is 15.3 Å². The van der Waals surface area contributed by atoms with Gasteiger partial charge in [0.25, 0.3) is 5.56 Å². The van der Waals surface area contributed by atoms with E-state index in [1.165, 1.54) is 23.8 Å². The van der Waals surface area contributed by atoms with Crippen molar-refractivity contribution in [2.75, 3.05) is 0 Å². The highest BCUT2D eigenvalue weighted by Crippen LogP contribution is 2.33. The summed E-state index contributed by atoms with van der Waals surface area (Å²) in [7, 11) is 0. The van der Waals surface area contributed by atoms with E-state index in [1.54, 1.807) is 34.6 Å². The summed E-state index contributed by atoms with van der Waals surface area (Å²) in [5, 5.41) is 4.03. The Balaban J connectivity index is 1.29. The van der Waals surface area contributed by atoms with Crippen LogP contribution in [0.25, 0.3) is 10.2 Å². The highest BCUT2D eigenvalue weighted by molar-refractivity contribution is 7.18. The predicted octanol–water partition coefficient (Wildman–Crippen LogP) is 4.41. The first-order valence-electron chi connectivity index (χ1n) is 11.1. The quantitative estimate of drug-likeness (QED) is 0.438. The fourth-order valence-corrected chi connectivity index (χ4v) is 5.74. The number of aromatic nitrogens is 3. The molecule has 1 aliphatic rings. The van der Waals surface area contributed by atoms with Crippen molar-refractivity contribution < 1.29 is 8.78 Å². The summed E-state index contributed by atoms with van der Waals surface area (Å²) in [5.41, 5.74) is 2.38. The molecule has 0 amide bonds. The second-order valence-corrected chi connectivity index (χ2v) is 9.49. The first kappa shape index (κ1) is 21.9. The number of pyridine rings is 1. The molecule has 0 spiro atoms. The van der Waals surface area contributed by atoms with Crippen molar-refractivity contribution in [3.8, 4) is 0 Å². The van der Waals surface area contributed by atoms with Gasteiger partial charge in [-0.2, -0.15) is 0 Å². The van der Waals surface area contributed by atoms with Crippen molar-refractivity contribution in [1.82, 2.24) is 19.9 Å². The molecule has 0 saturated carbocycles. The highest BCUT2D eigenvalue weighted by atomic mass is 32.1. The number of fused-ring (bicyclic) bond motifs is 3. The Morgan fingerprint density at radius 2 is 1.94 bits per heavy atom. The predicted molar refractivity (Wildman–Crippen MR) is 125 cm³/mol. The molecule has 1 aliphatic carbocycles. The first-order chi connectivity index (χ1) is 16.1. The number of benzene rings is 1. The highest BCUT2D eigenvalue weighted by Gasteiger charge is 2.25. The molecule has 33 heavy (non-hydrogen) atoms. The smallest absolute Gasteiger partial charge is 0.262 e. The molecule has 1 aromatic carbocycles. The lowest BCUT2D eigenvalue weighted by molar-refractivity contribution is 0.445. The monoisotopic (exact) mass is 466 g/mol. The molecule has 0 unspecified atom stereocenters. The number of rotatable bonds is 7. The second kappa shape index (κ2) is 9.49.